The van der Waals surface area contributed by atoms with Gasteiger partial charge in [0.25, 0.3) is 0 Å². The number of likely N-dealkylation sites (N-methyl/N-ethyl adjacent to an activating group) is 1. The fraction of sp³-hybridized carbons (Fsp3) is 0.500. The SMILES string of the molecule is COc1ccc([C@@H](C)C(=O)N(CC(=O)N(C)C)CC(F)(F)F)cc1. The number of ether oxygens (including phenoxy) is 1. The fourth-order valence-electron chi connectivity index (χ4n) is 2.04. The van der Waals surface area contributed by atoms with E-state index in [4.69, 9.17) is 4.74 Å². The van der Waals surface area contributed by atoms with Crippen molar-refractivity contribution < 1.29 is 27.5 Å². The Bertz CT molecular complexity index is 571. The molecule has 8 heteroatoms. The van der Waals surface area contributed by atoms with Gasteiger partial charge in [-0.2, -0.15) is 13.2 Å². The molecule has 0 saturated heterocycles. The van der Waals surface area contributed by atoms with E-state index in [1.54, 1.807) is 24.3 Å². The van der Waals surface area contributed by atoms with Crippen molar-refractivity contribution in [3.8, 4) is 5.75 Å². The number of nitrogens with zero attached hydrogens (tertiary/aromatic N) is 2. The molecule has 1 rings (SSSR count). The summed E-state index contributed by atoms with van der Waals surface area (Å²) in [6, 6.07) is 6.47. The second-order valence-corrected chi connectivity index (χ2v) is 5.59. The summed E-state index contributed by atoms with van der Waals surface area (Å²) in [6.07, 6.45) is -4.58. The first kappa shape index (κ1) is 19.8. The highest BCUT2D eigenvalue weighted by atomic mass is 19.4. The van der Waals surface area contributed by atoms with Gasteiger partial charge in [-0.25, -0.2) is 0 Å². The van der Waals surface area contributed by atoms with E-state index in [9.17, 15) is 22.8 Å². The minimum absolute atomic E-state index is 0.539. The van der Waals surface area contributed by atoms with E-state index in [-0.39, 0.29) is 0 Å². The zero-order valence-electron chi connectivity index (χ0n) is 14.1. The maximum Gasteiger partial charge on any atom is 0.406 e. The molecule has 0 bridgehead atoms. The van der Waals surface area contributed by atoms with Crippen molar-refractivity contribution >= 4 is 11.8 Å². The van der Waals surface area contributed by atoms with Crippen LogP contribution in [0.15, 0.2) is 24.3 Å². The van der Waals surface area contributed by atoms with Crippen molar-refractivity contribution in [2.75, 3.05) is 34.3 Å². The quantitative estimate of drug-likeness (QED) is 0.794. The molecule has 0 aliphatic rings. The predicted molar refractivity (Wildman–Crippen MR) is 82.7 cm³/mol. The summed E-state index contributed by atoms with van der Waals surface area (Å²) < 4.78 is 43.2. The molecule has 0 saturated carbocycles. The molecule has 134 valence electrons. The molecule has 0 unspecified atom stereocenters. The van der Waals surface area contributed by atoms with Gasteiger partial charge < -0.3 is 14.5 Å². The van der Waals surface area contributed by atoms with Gasteiger partial charge in [-0.1, -0.05) is 12.1 Å². The maximum absolute atomic E-state index is 12.7. The number of amides is 2. The van der Waals surface area contributed by atoms with Crippen molar-refractivity contribution in [2.45, 2.75) is 19.0 Å². The Hall–Kier alpha value is -2.25. The Morgan fingerprint density at radius 3 is 2.12 bits per heavy atom. The van der Waals surface area contributed by atoms with Crippen molar-refractivity contribution in [3.05, 3.63) is 29.8 Å². The zero-order valence-corrected chi connectivity index (χ0v) is 14.1. The number of hydrogen-bond acceptors (Lipinski definition) is 3. The number of carbonyl (C=O) groups excluding carboxylic acids is 2. The summed E-state index contributed by atoms with van der Waals surface area (Å²) in [5.74, 6) is -1.57. The lowest BCUT2D eigenvalue weighted by molar-refractivity contribution is -0.164. The Balaban J connectivity index is 2.97. The minimum Gasteiger partial charge on any atom is -0.497 e. The first-order valence-corrected chi connectivity index (χ1v) is 7.24. The molecule has 0 fully saturated rings. The van der Waals surface area contributed by atoms with Gasteiger partial charge in [-0.15, -0.1) is 0 Å². The maximum atomic E-state index is 12.7. The molecule has 1 aromatic rings. The van der Waals surface area contributed by atoms with Crippen LogP contribution in [0.4, 0.5) is 13.2 Å². The van der Waals surface area contributed by atoms with Gasteiger partial charge in [0.15, 0.2) is 0 Å². The van der Waals surface area contributed by atoms with E-state index < -0.39 is 37.0 Å². The van der Waals surface area contributed by atoms with Gasteiger partial charge in [0, 0.05) is 14.1 Å². The third-order valence-corrected chi connectivity index (χ3v) is 3.49. The number of benzene rings is 1. The van der Waals surface area contributed by atoms with Crippen LogP contribution in [0.5, 0.6) is 5.75 Å². The van der Waals surface area contributed by atoms with Gasteiger partial charge in [0.05, 0.1) is 13.0 Å². The van der Waals surface area contributed by atoms with Crippen LogP contribution in [0.1, 0.15) is 18.4 Å². The second kappa shape index (κ2) is 8.03. The Kier molecular flexibility index (Phi) is 6.62. The Morgan fingerprint density at radius 1 is 1.17 bits per heavy atom. The zero-order chi connectivity index (χ0) is 18.5. The first-order valence-electron chi connectivity index (χ1n) is 7.24. The van der Waals surface area contributed by atoms with E-state index >= 15 is 0 Å². The third kappa shape index (κ3) is 5.75. The topological polar surface area (TPSA) is 49.9 Å². The average molecular weight is 346 g/mol. The lowest BCUT2D eigenvalue weighted by Gasteiger charge is -2.27. The van der Waals surface area contributed by atoms with Gasteiger partial charge in [-0.3, -0.25) is 9.59 Å². The normalized spacial score (nSPS) is 12.5. The number of hydrogen-bond donors (Lipinski definition) is 0. The number of methoxy groups -OCH3 is 1. The standard InChI is InChI=1S/C16H21F3N2O3/c1-11(12-5-7-13(24-4)8-6-12)15(23)21(10-16(17,18)19)9-14(22)20(2)3/h5-8,11H,9-10H2,1-4H3/t11-/m1/s1. The highest BCUT2D eigenvalue weighted by Crippen LogP contribution is 2.24. The van der Waals surface area contributed by atoms with Crippen molar-refractivity contribution in [1.82, 2.24) is 9.80 Å². The number of halogens is 3. The van der Waals surface area contributed by atoms with E-state index in [0.29, 0.717) is 16.2 Å². The predicted octanol–water partition coefficient (Wildman–Crippen LogP) is 2.28. The first-order chi connectivity index (χ1) is 11.0. The summed E-state index contributed by atoms with van der Waals surface area (Å²) in [4.78, 5) is 25.9. The van der Waals surface area contributed by atoms with Crippen LogP contribution in [0.3, 0.4) is 0 Å². The highest BCUT2D eigenvalue weighted by molar-refractivity contribution is 5.88. The van der Waals surface area contributed by atoms with Crippen LogP contribution in [0, 0.1) is 0 Å². The summed E-state index contributed by atoms with van der Waals surface area (Å²) in [5.41, 5.74) is 0.547. The van der Waals surface area contributed by atoms with E-state index in [1.807, 2.05) is 0 Å². The minimum atomic E-state index is -4.58. The van der Waals surface area contributed by atoms with Gasteiger partial charge in [0.1, 0.15) is 18.8 Å². The lowest BCUT2D eigenvalue weighted by Crippen LogP contribution is -2.46. The van der Waals surface area contributed by atoms with Gasteiger partial charge in [0.2, 0.25) is 11.8 Å². The smallest absolute Gasteiger partial charge is 0.406 e. The molecule has 5 nitrogen and oxygen atoms in total. The van der Waals surface area contributed by atoms with Crippen LogP contribution >= 0.6 is 0 Å². The molecular weight excluding hydrogens is 325 g/mol. The Labute approximate surface area is 139 Å². The van der Waals surface area contributed by atoms with Crippen LogP contribution < -0.4 is 4.74 Å². The molecule has 0 aliphatic carbocycles. The summed E-state index contributed by atoms with van der Waals surface area (Å²) in [5, 5.41) is 0. The Morgan fingerprint density at radius 2 is 1.71 bits per heavy atom. The molecule has 0 aromatic heterocycles. The molecule has 0 N–H and O–H groups in total. The van der Waals surface area contributed by atoms with Crippen molar-refractivity contribution in [1.29, 1.82) is 0 Å². The summed E-state index contributed by atoms with van der Waals surface area (Å²) in [7, 11) is 4.33. The third-order valence-electron chi connectivity index (χ3n) is 3.49. The molecule has 0 aliphatic heterocycles. The summed E-state index contributed by atoms with van der Waals surface area (Å²) >= 11 is 0. The molecule has 24 heavy (non-hydrogen) atoms. The van der Waals surface area contributed by atoms with Crippen LogP contribution in [0.2, 0.25) is 0 Å². The van der Waals surface area contributed by atoms with Gasteiger partial charge in [-0.05, 0) is 24.6 Å². The molecule has 1 aromatic carbocycles. The summed E-state index contributed by atoms with van der Waals surface area (Å²) in [6.45, 7) is -0.578. The van der Waals surface area contributed by atoms with E-state index in [2.05, 4.69) is 0 Å². The molecule has 2 amide bonds. The van der Waals surface area contributed by atoms with Crippen molar-refractivity contribution in [2.24, 2.45) is 0 Å². The van der Waals surface area contributed by atoms with Crippen LogP contribution in [-0.4, -0.2) is 62.1 Å². The van der Waals surface area contributed by atoms with Crippen LogP contribution in [-0.2, 0) is 9.59 Å². The average Bonchev–Trinajstić information content (AvgIpc) is 2.51. The molecule has 0 radical (unpaired) electrons. The monoisotopic (exact) mass is 346 g/mol. The molecule has 0 heterocycles. The van der Waals surface area contributed by atoms with Crippen molar-refractivity contribution in [3.63, 3.8) is 0 Å². The molecular formula is C16H21F3N2O3. The number of carbonyl (C=O) groups is 2. The highest BCUT2D eigenvalue weighted by Gasteiger charge is 2.35. The van der Waals surface area contributed by atoms with E-state index in [0.717, 1.165) is 4.90 Å². The lowest BCUT2D eigenvalue weighted by atomic mass is 9.99. The second-order valence-electron chi connectivity index (χ2n) is 5.59. The van der Waals surface area contributed by atoms with Crippen LogP contribution in [0.25, 0.3) is 0 Å². The number of rotatable bonds is 6. The molecule has 0 spiro atoms. The fourth-order valence-corrected chi connectivity index (χ4v) is 2.04. The van der Waals surface area contributed by atoms with E-state index in [1.165, 1.54) is 28.1 Å². The largest absolute Gasteiger partial charge is 0.497 e. The molecule has 1 atom stereocenters. The number of alkyl halides is 3. The van der Waals surface area contributed by atoms with Gasteiger partial charge >= 0.3 is 6.18 Å².